The highest BCUT2D eigenvalue weighted by Crippen LogP contribution is 2.54. The number of hydrogen-bond acceptors (Lipinski definition) is 8. The molecule has 6 N–H and O–H groups in total. The number of aromatic hydroxyl groups is 3. The van der Waals surface area contributed by atoms with Crippen molar-refractivity contribution in [2.75, 3.05) is 0 Å². The van der Waals surface area contributed by atoms with Crippen molar-refractivity contribution in [3.05, 3.63) is 51.6 Å². The van der Waals surface area contributed by atoms with Crippen LogP contribution in [0.3, 0.4) is 0 Å². The quantitative estimate of drug-likeness (QED) is 0.317. The molecule has 0 amide bonds. The number of aliphatic hydroxyl groups is 3. The highest BCUT2D eigenvalue weighted by molar-refractivity contribution is 6.31. The van der Waals surface area contributed by atoms with Gasteiger partial charge in [0.1, 0.15) is 23.4 Å². The Morgan fingerprint density at radius 1 is 0.926 bits per heavy atom. The van der Waals surface area contributed by atoms with Crippen molar-refractivity contribution in [2.45, 2.75) is 31.2 Å². The van der Waals surface area contributed by atoms with Gasteiger partial charge < -0.3 is 30.6 Å². The first-order valence-electron chi connectivity index (χ1n) is 8.19. The van der Waals surface area contributed by atoms with Crippen molar-refractivity contribution >= 4 is 11.6 Å². The molecule has 0 bridgehead atoms. The van der Waals surface area contributed by atoms with E-state index in [9.17, 15) is 40.2 Å². The molecule has 0 radical (unpaired) electrons. The van der Waals surface area contributed by atoms with Gasteiger partial charge in [-0.25, -0.2) is 0 Å². The Labute approximate surface area is 152 Å². The number of benzene rings is 2. The molecule has 0 spiro atoms. The lowest BCUT2D eigenvalue weighted by Gasteiger charge is -2.39. The van der Waals surface area contributed by atoms with Crippen LogP contribution in [0.4, 0.5) is 0 Å². The zero-order valence-electron chi connectivity index (χ0n) is 14.1. The molecule has 2 aromatic rings. The fourth-order valence-corrected chi connectivity index (χ4v) is 3.96. The maximum atomic E-state index is 12.9. The summed E-state index contributed by atoms with van der Waals surface area (Å²) in [6.45, 7) is 1.24. The molecule has 3 atom stereocenters. The second-order valence-corrected chi connectivity index (χ2v) is 7.11. The molecule has 0 aliphatic heterocycles. The van der Waals surface area contributed by atoms with E-state index >= 15 is 0 Å². The SMILES string of the molecule is C[C@@]1(O)C[C@@H](O)c2c(O)c3c(c(O)c2[C@H]1O)C(=O)c1cccc(O)c1C3=O. The molecule has 0 unspecified atom stereocenters. The van der Waals surface area contributed by atoms with Crippen LogP contribution in [0.25, 0.3) is 0 Å². The number of ketones is 2. The Balaban J connectivity index is 2.11. The summed E-state index contributed by atoms with van der Waals surface area (Å²) in [7, 11) is 0. The molecule has 2 aliphatic carbocycles. The van der Waals surface area contributed by atoms with Crippen molar-refractivity contribution in [1.29, 1.82) is 0 Å². The molecular formula is C19H16O8. The van der Waals surface area contributed by atoms with E-state index in [0.29, 0.717) is 0 Å². The molecule has 8 heteroatoms. The van der Waals surface area contributed by atoms with Crippen LogP contribution in [-0.4, -0.2) is 47.8 Å². The van der Waals surface area contributed by atoms with E-state index in [2.05, 4.69) is 0 Å². The summed E-state index contributed by atoms with van der Waals surface area (Å²) in [5.74, 6) is -3.76. The Bertz CT molecular complexity index is 1040. The molecule has 2 aliphatic rings. The Morgan fingerprint density at radius 2 is 1.52 bits per heavy atom. The van der Waals surface area contributed by atoms with Gasteiger partial charge in [0.2, 0.25) is 5.78 Å². The molecule has 4 rings (SSSR count). The van der Waals surface area contributed by atoms with Gasteiger partial charge in [-0.1, -0.05) is 12.1 Å². The minimum absolute atomic E-state index is 0.167. The Hall–Kier alpha value is -2.94. The number of fused-ring (bicyclic) bond motifs is 3. The average Bonchev–Trinajstić information content (AvgIpc) is 2.58. The molecule has 27 heavy (non-hydrogen) atoms. The first-order valence-corrected chi connectivity index (χ1v) is 8.19. The first kappa shape index (κ1) is 17.5. The molecular weight excluding hydrogens is 356 g/mol. The van der Waals surface area contributed by atoms with Crippen LogP contribution in [-0.2, 0) is 0 Å². The Morgan fingerprint density at radius 3 is 2.19 bits per heavy atom. The van der Waals surface area contributed by atoms with Crippen LogP contribution in [0.15, 0.2) is 18.2 Å². The molecule has 0 saturated carbocycles. The van der Waals surface area contributed by atoms with Crippen LogP contribution in [0.1, 0.15) is 68.5 Å². The fraction of sp³-hybridized carbons (Fsp3) is 0.263. The summed E-state index contributed by atoms with van der Waals surface area (Å²) in [5.41, 5.74) is -4.15. The molecule has 0 aromatic heterocycles. The number of phenolic OH excluding ortho intramolecular Hbond substituents is 3. The molecule has 0 fully saturated rings. The first-order chi connectivity index (χ1) is 12.6. The van der Waals surface area contributed by atoms with E-state index in [1.165, 1.54) is 25.1 Å². The third-order valence-corrected chi connectivity index (χ3v) is 5.29. The minimum atomic E-state index is -1.83. The van der Waals surface area contributed by atoms with E-state index in [1.807, 2.05) is 0 Å². The topological polar surface area (TPSA) is 156 Å². The van der Waals surface area contributed by atoms with Gasteiger partial charge in [-0.2, -0.15) is 0 Å². The monoisotopic (exact) mass is 372 g/mol. The number of carbonyl (C=O) groups is 2. The smallest absolute Gasteiger partial charge is 0.202 e. The van der Waals surface area contributed by atoms with Gasteiger partial charge >= 0.3 is 0 Å². The van der Waals surface area contributed by atoms with Crippen LogP contribution in [0.2, 0.25) is 0 Å². The minimum Gasteiger partial charge on any atom is -0.507 e. The Kier molecular flexibility index (Phi) is 3.42. The van der Waals surface area contributed by atoms with Crippen molar-refractivity contribution in [3.8, 4) is 17.2 Å². The number of aliphatic hydroxyl groups excluding tert-OH is 2. The molecule has 2 aromatic carbocycles. The fourth-order valence-electron chi connectivity index (χ4n) is 3.96. The number of phenols is 3. The van der Waals surface area contributed by atoms with Crippen LogP contribution in [0.5, 0.6) is 17.2 Å². The van der Waals surface area contributed by atoms with E-state index in [1.54, 1.807) is 0 Å². The lowest BCUT2D eigenvalue weighted by molar-refractivity contribution is -0.103. The largest absolute Gasteiger partial charge is 0.507 e. The van der Waals surface area contributed by atoms with E-state index in [-0.39, 0.29) is 23.1 Å². The lowest BCUT2D eigenvalue weighted by Crippen LogP contribution is -2.40. The highest BCUT2D eigenvalue weighted by Gasteiger charge is 2.48. The van der Waals surface area contributed by atoms with E-state index in [4.69, 9.17) is 0 Å². The van der Waals surface area contributed by atoms with Crippen molar-refractivity contribution in [3.63, 3.8) is 0 Å². The highest BCUT2D eigenvalue weighted by atomic mass is 16.3. The lowest BCUT2D eigenvalue weighted by atomic mass is 9.72. The number of hydrogen-bond donors (Lipinski definition) is 6. The second kappa shape index (κ2) is 5.29. The van der Waals surface area contributed by atoms with E-state index < -0.39 is 63.3 Å². The van der Waals surface area contributed by atoms with E-state index in [0.717, 1.165) is 0 Å². The van der Waals surface area contributed by atoms with Crippen LogP contribution < -0.4 is 0 Å². The standard InChI is InChI=1S/C19H16O8/c1-19(27)5-8(21)10-13(18(19)26)17(25)11-12(16(10)24)15(23)9-6(14(11)22)3-2-4-7(9)20/h2-4,8,18,20-21,24-27H,5H2,1H3/t8-,18-,19-/m1/s1. The summed E-state index contributed by atoms with van der Waals surface area (Å²) in [6, 6.07) is 3.85. The van der Waals surface area contributed by atoms with Gasteiger partial charge in [-0.15, -0.1) is 0 Å². The summed E-state index contributed by atoms with van der Waals surface area (Å²) in [6.07, 6.45) is -3.57. The molecule has 0 saturated heterocycles. The zero-order valence-corrected chi connectivity index (χ0v) is 14.1. The van der Waals surface area contributed by atoms with Gasteiger partial charge in [-0.05, 0) is 13.0 Å². The van der Waals surface area contributed by atoms with Gasteiger partial charge in [-0.3, -0.25) is 9.59 Å². The van der Waals surface area contributed by atoms with Crippen molar-refractivity contribution in [1.82, 2.24) is 0 Å². The van der Waals surface area contributed by atoms with Crippen LogP contribution >= 0.6 is 0 Å². The van der Waals surface area contributed by atoms with Crippen LogP contribution in [0, 0.1) is 0 Å². The van der Waals surface area contributed by atoms with Gasteiger partial charge in [0.15, 0.2) is 5.78 Å². The normalized spacial score (nSPS) is 26.4. The van der Waals surface area contributed by atoms with Gasteiger partial charge in [0.25, 0.3) is 0 Å². The van der Waals surface area contributed by atoms with Crippen molar-refractivity contribution in [2.24, 2.45) is 0 Å². The number of rotatable bonds is 0. The molecule has 140 valence electrons. The average molecular weight is 372 g/mol. The number of carbonyl (C=O) groups excluding carboxylic acids is 2. The van der Waals surface area contributed by atoms with Gasteiger partial charge in [0, 0.05) is 23.1 Å². The maximum Gasteiger partial charge on any atom is 0.202 e. The maximum absolute atomic E-state index is 12.9. The third-order valence-electron chi connectivity index (χ3n) is 5.29. The molecule has 0 heterocycles. The predicted octanol–water partition coefficient (Wildman–Crippen LogP) is 0.800. The summed E-state index contributed by atoms with van der Waals surface area (Å²) in [5, 5.41) is 62.4. The predicted molar refractivity (Wildman–Crippen MR) is 89.9 cm³/mol. The molecule has 8 nitrogen and oxygen atoms in total. The summed E-state index contributed by atoms with van der Waals surface area (Å²) < 4.78 is 0. The third kappa shape index (κ3) is 2.08. The second-order valence-electron chi connectivity index (χ2n) is 7.11. The zero-order chi connectivity index (χ0) is 19.8. The summed E-state index contributed by atoms with van der Waals surface area (Å²) >= 11 is 0. The summed E-state index contributed by atoms with van der Waals surface area (Å²) in [4.78, 5) is 25.7. The van der Waals surface area contributed by atoms with Gasteiger partial charge in [0.05, 0.1) is 28.4 Å². The van der Waals surface area contributed by atoms with Crippen molar-refractivity contribution < 1.29 is 40.2 Å².